The third-order valence-electron chi connectivity index (χ3n) is 5.51. The predicted molar refractivity (Wildman–Crippen MR) is 117 cm³/mol. The van der Waals surface area contributed by atoms with Crippen LogP contribution in [0.25, 0.3) is 0 Å². The zero-order chi connectivity index (χ0) is 22.0. The molecule has 0 saturated carbocycles. The molecule has 7 heteroatoms. The summed E-state index contributed by atoms with van der Waals surface area (Å²) >= 11 is 0. The third-order valence-corrected chi connectivity index (χ3v) is 5.51. The fourth-order valence-electron chi connectivity index (χ4n) is 3.63. The standard InChI is InChI=1S/C24H26N4O3/c1-15(2)17-6-4-16(5-7-17)12-25-23(29)21-14-28-13-20(27-24(30)22(28)26-21)18-8-10-19(31-3)11-9-18/h4-11,14-15,20H,12-13H2,1-3H3,(H,25,29)(H,27,30). The summed E-state index contributed by atoms with van der Waals surface area (Å²) in [6.07, 6.45) is 1.64. The molecule has 0 spiro atoms. The van der Waals surface area contributed by atoms with Crippen LogP contribution in [0.2, 0.25) is 0 Å². The van der Waals surface area contributed by atoms with Crippen molar-refractivity contribution in [3.05, 3.63) is 82.9 Å². The van der Waals surface area contributed by atoms with Crippen LogP contribution < -0.4 is 15.4 Å². The van der Waals surface area contributed by atoms with Gasteiger partial charge in [-0.05, 0) is 34.7 Å². The Hall–Kier alpha value is -3.61. The van der Waals surface area contributed by atoms with Gasteiger partial charge < -0.3 is 19.9 Å². The third kappa shape index (κ3) is 4.45. The van der Waals surface area contributed by atoms with Gasteiger partial charge in [0.2, 0.25) is 0 Å². The van der Waals surface area contributed by atoms with Crippen LogP contribution in [0, 0.1) is 0 Å². The van der Waals surface area contributed by atoms with Gasteiger partial charge >= 0.3 is 0 Å². The van der Waals surface area contributed by atoms with Crippen molar-refractivity contribution in [2.24, 2.45) is 0 Å². The van der Waals surface area contributed by atoms with Crippen LogP contribution in [-0.4, -0.2) is 28.5 Å². The molecular weight excluding hydrogens is 392 g/mol. The summed E-state index contributed by atoms with van der Waals surface area (Å²) in [7, 11) is 1.61. The van der Waals surface area contributed by atoms with E-state index in [1.54, 1.807) is 17.9 Å². The molecule has 1 aliphatic rings. The first-order valence-electron chi connectivity index (χ1n) is 10.3. The van der Waals surface area contributed by atoms with E-state index in [2.05, 4.69) is 41.6 Å². The molecule has 1 aliphatic heterocycles. The molecule has 2 N–H and O–H groups in total. The number of fused-ring (bicyclic) bond motifs is 1. The lowest BCUT2D eigenvalue weighted by Crippen LogP contribution is -2.38. The molecule has 1 unspecified atom stereocenters. The van der Waals surface area contributed by atoms with Crippen LogP contribution in [0.15, 0.2) is 54.7 Å². The Labute approximate surface area is 181 Å². The van der Waals surface area contributed by atoms with Gasteiger partial charge in [-0.15, -0.1) is 0 Å². The predicted octanol–water partition coefficient (Wildman–Crippen LogP) is 3.43. The van der Waals surface area contributed by atoms with E-state index in [1.165, 1.54) is 5.56 Å². The summed E-state index contributed by atoms with van der Waals surface area (Å²) in [5.74, 6) is 0.871. The Kier molecular flexibility index (Phi) is 5.75. The van der Waals surface area contributed by atoms with Gasteiger partial charge in [-0.3, -0.25) is 9.59 Å². The van der Waals surface area contributed by atoms with Crippen molar-refractivity contribution in [2.45, 2.75) is 38.9 Å². The number of amides is 2. The zero-order valence-electron chi connectivity index (χ0n) is 17.9. The van der Waals surface area contributed by atoms with E-state index in [-0.39, 0.29) is 29.4 Å². The molecule has 0 radical (unpaired) electrons. The Morgan fingerprint density at radius 1 is 1.19 bits per heavy atom. The monoisotopic (exact) mass is 418 g/mol. The average molecular weight is 418 g/mol. The number of hydrogen-bond acceptors (Lipinski definition) is 4. The Bertz CT molecular complexity index is 1090. The average Bonchev–Trinajstić information content (AvgIpc) is 3.23. The molecule has 4 rings (SSSR count). The second-order valence-corrected chi connectivity index (χ2v) is 7.98. The normalized spacial score (nSPS) is 15.4. The van der Waals surface area contributed by atoms with Crippen molar-refractivity contribution in [2.75, 3.05) is 7.11 Å². The van der Waals surface area contributed by atoms with Crippen LogP contribution in [0.1, 0.15) is 63.6 Å². The lowest BCUT2D eigenvalue weighted by molar-refractivity contribution is 0.0894. The molecular formula is C24H26N4O3. The number of hydrogen-bond donors (Lipinski definition) is 2. The molecule has 2 aromatic carbocycles. The summed E-state index contributed by atoms with van der Waals surface area (Å²) in [5, 5.41) is 5.84. The Morgan fingerprint density at radius 3 is 2.55 bits per heavy atom. The molecule has 0 aliphatic carbocycles. The number of benzene rings is 2. The first-order valence-corrected chi connectivity index (χ1v) is 10.3. The molecule has 0 fully saturated rings. The summed E-state index contributed by atoms with van der Waals surface area (Å²) in [6, 6.07) is 15.5. The highest BCUT2D eigenvalue weighted by atomic mass is 16.5. The minimum absolute atomic E-state index is 0.199. The highest BCUT2D eigenvalue weighted by Crippen LogP contribution is 2.23. The summed E-state index contributed by atoms with van der Waals surface area (Å²) in [6.45, 7) is 5.20. The van der Waals surface area contributed by atoms with Gasteiger partial charge in [-0.25, -0.2) is 4.98 Å². The van der Waals surface area contributed by atoms with Gasteiger partial charge in [0, 0.05) is 19.3 Å². The second kappa shape index (κ2) is 8.63. The lowest BCUT2D eigenvalue weighted by Gasteiger charge is -2.25. The SMILES string of the molecule is COc1ccc(C2Cn3cc(C(=O)NCc4ccc(C(C)C)cc4)nc3C(=O)N2)cc1. The number of nitrogens with one attached hydrogen (secondary N) is 2. The Morgan fingerprint density at radius 2 is 1.90 bits per heavy atom. The molecule has 7 nitrogen and oxygen atoms in total. The van der Waals surface area contributed by atoms with Crippen molar-refractivity contribution in [1.82, 2.24) is 20.2 Å². The van der Waals surface area contributed by atoms with Crippen LogP contribution in [-0.2, 0) is 13.1 Å². The fraction of sp³-hybridized carbons (Fsp3) is 0.292. The first kappa shape index (κ1) is 20.7. The summed E-state index contributed by atoms with van der Waals surface area (Å²) in [4.78, 5) is 29.4. The van der Waals surface area contributed by atoms with Crippen LogP contribution in [0.3, 0.4) is 0 Å². The molecule has 1 atom stereocenters. The van der Waals surface area contributed by atoms with E-state index >= 15 is 0 Å². The van der Waals surface area contributed by atoms with E-state index in [0.717, 1.165) is 16.9 Å². The quantitative estimate of drug-likeness (QED) is 0.642. The number of methoxy groups -OCH3 is 1. The van der Waals surface area contributed by atoms with E-state index in [0.29, 0.717) is 19.0 Å². The molecule has 160 valence electrons. The number of carbonyl (C=O) groups is 2. The van der Waals surface area contributed by atoms with Gasteiger partial charge in [0.05, 0.1) is 13.2 Å². The smallest absolute Gasteiger partial charge is 0.287 e. The van der Waals surface area contributed by atoms with E-state index in [4.69, 9.17) is 4.74 Å². The highest BCUT2D eigenvalue weighted by Gasteiger charge is 2.28. The second-order valence-electron chi connectivity index (χ2n) is 7.98. The van der Waals surface area contributed by atoms with Crippen molar-refractivity contribution in [3.8, 4) is 5.75 Å². The topological polar surface area (TPSA) is 85.2 Å². The van der Waals surface area contributed by atoms with Gasteiger partial charge in [0.1, 0.15) is 11.4 Å². The van der Waals surface area contributed by atoms with E-state index in [1.807, 2.05) is 36.4 Å². The summed E-state index contributed by atoms with van der Waals surface area (Å²) in [5.41, 5.74) is 3.47. The lowest BCUT2D eigenvalue weighted by atomic mass is 10.0. The van der Waals surface area contributed by atoms with Gasteiger partial charge in [0.15, 0.2) is 5.82 Å². The van der Waals surface area contributed by atoms with Crippen LogP contribution in [0.5, 0.6) is 5.75 Å². The minimum atomic E-state index is -0.302. The first-order chi connectivity index (χ1) is 14.9. The van der Waals surface area contributed by atoms with Gasteiger partial charge in [-0.1, -0.05) is 50.2 Å². The van der Waals surface area contributed by atoms with E-state index < -0.39 is 0 Å². The maximum absolute atomic E-state index is 12.6. The van der Waals surface area contributed by atoms with Crippen molar-refractivity contribution in [3.63, 3.8) is 0 Å². The highest BCUT2D eigenvalue weighted by molar-refractivity contribution is 5.96. The van der Waals surface area contributed by atoms with Gasteiger partial charge in [-0.2, -0.15) is 0 Å². The molecule has 2 amide bonds. The molecule has 1 aromatic heterocycles. The van der Waals surface area contributed by atoms with Crippen molar-refractivity contribution < 1.29 is 14.3 Å². The van der Waals surface area contributed by atoms with E-state index in [9.17, 15) is 9.59 Å². The van der Waals surface area contributed by atoms with Crippen LogP contribution >= 0.6 is 0 Å². The Balaban J connectivity index is 1.43. The minimum Gasteiger partial charge on any atom is -0.497 e. The molecule has 3 aromatic rings. The van der Waals surface area contributed by atoms with Crippen molar-refractivity contribution >= 4 is 11.8 Å². The van der Waals surface area contributed by atoms with Crippen molar-refractivity contribution in [1.29, 1.82) is 0 Å². The molecule has 31 heavy (non-hydrogen) atoms. The maximum Gasteiger partial charge on any atom is 0.287 e. The largest absolute Gasteiger partial charge is 0.497 e. The number of carbonyl (C=O) groups excluding carboxylic acids is 2. The summed E-state index contributed by atoms with van der Waals surface area (Å²) < 4.78 is 6.92. The maximum atomic E-state index is 12.6. The zero-order valence-corrected chi connectivity index (χ0v) is 17.9. The molecule has 2 heterocycles. The molecule has 0 saturated heterocycles. The van der Waals surface area contributed by atoms with Gasteiger partial charge in [0.25, 0.3) is 11.8 Å². The number of aromatic nitrogens is 2. The number of ether oxygens (including phenoxy) is 1. The fourth-order valence-corrected chi connectivity index (χ4v) is 3.63. The molecule has 0 bridgehead atoms. The number of rotatable bonds is 6. The number of nitrogens with zero attached hydrogens (tertiary/aromatic N) is 2. The number of imidazole rings is 1. The van der Waals surface area contributed by atoms with Crippen LogP contribution in [0.4, 0.5) is 0 Å².